The summed E-state index contributed by atoms with van der Waals surface area (Å²) in [5, 5.41) is 4.06. The van der Waals surface area contributed by atoms with Crippen LogP contribution in [0.1, 0.15) is 11.3 Å². The van der Waals surface area contributed by atoms with Crippen molar-refractivity contribution in [1.29, 1.82) is 0 Å². The minimum Gasteiger partial charge on any atom is -0.460 e. The normalized spacial score (nSPS) is 10.2. The average Bonchev–Trinajstić information content (AvgIpc) is 2.97. The number of nitrogens with one attached hydrogen (secondary N) is 1. The SMILES string of the molecule is Cl.Clc1cccc(-c2ccc(CNCc3ccncc3)o2)c1. The van der Waals surface area contributed by atoms with Crippen LogP contribution < -0.4 is 5.32 Å². The zero-order valence-corrected chi connectivity index (χ0v) is 13.4. The smallest absolute Gasteiger partial charge is 0.134 e. The molecule has 0 fully saturated rings. The molecule has 0 bridgehead atoms. The van der Waals surface area contributed by atoms with Crippen LogP contribution in [-0.4, -0.2) is 4.98 Å². The van der Waals surface area contributed by atoms with Crippen LogP contribution in [-0.2, 0) is 13.1 Å². The van der Waals surface area contributed by atoms with Gasteiger partial charge >= 0.3 is 0 Å². The molecule has 22 heavy (non-hydrogen) atoms. The fourth-order valence-corrected chi connectivity index (χ4v) is 2.29. The summed E-state index contributed by atoms with van der Waals surface area (Å²) in [5.41, 5.74) is 2.19. The first-order chi connectivity index (χ1) is 10.3. The highest BCUT2D eigenvalue weighted by atomic mass is 35.5. The van der Waals surface area contributed by atoms with E-state index < -0.39 is 0 Å². The first-order valence-corrected chi connectivity index (χ1v) is 7.13. The van der Waals surface area contributed by atoms with E-state index in [1.165, 1.54) is 5.56 Å². The Morgan fingerprint density at radius 2 is 1.82 bits per heavy atom. The lowest BCUT2D eigenvalue weighted by atomic mass is 10.2. The van der Waals surface area contributed by atoms with E-state index in [0.717, 1.165) is 23.6 Å². The molecular weight excluding hydrogens is 319 g/mol. The lowest BCUT2D eigenvalue weighted by molar-refractivity contribution is 0.493. The molecule has 2 aromatic heterocycles. The maximum Gasteiger partial charge on any atom is 0.134 e. The van der Waals surface area contributed by atoms with E-state index in [0.29, 0.717) is 11.6 Å². The predicted molar refractivity (Wildman–Crippen MR) is 91.2 cm³/mol. The van der Waals surface area contributed by atoms with E-state index in [9.17, 15) is 0 Å². The topological polar surface area (TPSA) is 38.1 Å². The molecule has 0 saturated carbocycles. The van der Waals surface area contributed by atoms with E-state index in [-0.39, 0.29) is 12.4 Å². The molecule has 0 unspecified atom stereocenters. The molecule has 2 heterocycles. The van der Waals surface area contributed by atoms with E-state index in [4.69, 9.17) is 16.0 Å². The molecule has 3 aromatic rings. The van der Waals surface area contributed by atoms with Gasteiger partial charge < -0.3 is 9.73 Å². The Hall–Kier alpha value is -1.81. The number of pyridine rings is 1. The van der Waals surface area contributed by atoms with Crippen molar-refractivity contribution in [1.82, 2.24) is 10.3 Å². The number of hydrogen-bond donors (Lipinski definition) is 1. The summed E-state index contributed by atoms with van der Waals surface area (Å²) in [6.45, 7) is 1.47. The number of hydrogen-bond acceptors (Lipinski definition) is 3. The lowest BCUT2D eigenvalue weighted by Gasteiger charge is -2.02. The van der Waals surface area contributed by atoms with Gasteiger partial charge in [-0.3, -0.25) is 4.98 Å². The molecule has 0 aliphatic rings. The van der Waals surface area contributed by atoms with Gasteiger partial charge in [0.25, 0.3) is 0 Å². The van der Waals surface area contributed by atoms with Crippen LogP contribution in [0.5, 0.6) is 0 Å². The summed E-state index contributed by atoms with van der Waals surface area (Å²) >= 11 is 5.99. The Morgan fingerprint density at radius 1 is 1.00 bits per heavy atom. The summed E-state index contributed by atoms with van der Waals surface area (Å²) in [6, 6.07) is 15.6. The third-order valence-corrected chi connectivity index (χ3v) is 3.38. The van der Waals surface area contributed by atoms with Crippen molar-refractivity contribution in [2.24, 2.45) is 0 Å². The van der Waals surface area contributed by atoms with Gasteiger partial charge in [0.1, 0.15) is 11.5 Å². The Kier molecular flexibility index (Phi) is 6.01. The van der Waals surface area contributed by atoms with Crippen molar-refractivity contribution in [3.8, 4) is 11.3 Å². The van der Waals surface area contributed by atoms with Crippen molar-refractivity contribution < 1.29 is 4.42 Å². The summed E-state index contributed by atoms with van der Waals surface area (Å²) < 4.78 is 5.83. The fourth-order valence-electron chi connectivity index (χ4n) is 2.10. The van der Waals surface area contributed by atoms with Crippen LogP contribution >= 0.6 is 24.0 Å². The second kappa shape index (κ2) is 7.99. The van der Waals surface area contributed by atoms with E-state index >= 15 is 0 Å². The molecule has 3 rings (SSSR count). The van der Waals surface area contributed by atoms with Crippen molar-refractivity contribution >= 4 is 24.0 Å². The molecular formula is C17H16Cl2N2O. The predicted octanol–water partition coefficient (Wildman–Crippen LogP) is 4.71. The zero-order chi connectivity index (χ0) is 14.5. The molecule has 0 spiro atoms. The van der Waals surface area contributed by atoms with E-state index in [2.05, 4.69) is 10.3 Å². The molecule has 5 heteroatoms. The molecule has 1 N–H and O–H groups in total. The molecule has 0 radical (unpaired) electrons. The first-order valence-electron chi connectivity index (χ1n) is 6.75. The highest BCUT2D eigenvalue weighted by Crippen LogP contribution is 2.24. The number of aromatic nitrogens is 1. The van der Waals surface area contributed by atoms with Crippen LogP contribution in [0, 0.1) is 0 Å². The molecule has 0 saturated heterocycles. The van der Waals surface area contributed by atoms with Gasteiger partial charge in [-0.1, -0.05) is 23.7 Å². The minimum atomic E-state index is 0. The lowest BCUT2D eigenvalue weighted by Crippen LogP contribution is -2.11. The monoisotopic (exact) mass is 334 g/mol. The van der Waals surface area contributed by atoms with Crippen LogP contribution in [0.25, 0.3) is 11.3 Å². The standard InChI is InChI=1S/C17H15ClN2O.ClH/c18-15-3-1-2-14(10-15)17-5-4-16(21-17)12-20-11-13-6-8-19-9-7-13;/h1-10,20H,11-12H2;1H. The van der Waals surface area contributed by atoms with Gasteiger partial charge in [-0.2, -0.15) is 0 Å². The first kappa shape index (κ1) is 16.6. The number of furan rings is 1. The highest BCUT2D eigenvalue weighted by molar-refractivity contribution is 6.30. The van der Waals surface area contributed by atoms with Gasteiger partial charge in [0.15, 0.2) is 0 Å². The quantitative estimate of drug-likeness (QED) is 0.734. The van der Waals surface area contributed by atoms with Crippen molar-refractivity contribution in [3.63, 3.8) is 0 Å². The fraction of sp³-hybridized carbons (Fsp3) is 0.118. The Balaban J connectivity index is 0.00000176. The average molecular weight is 335 g/mol. The van der Waals surface area contributed by atoms with Crippen molar-refractivity contribution in [2.75, 3.05) is 0 Å². The van der Waals surface area contributed by atoms with Crippen LogP contribution in [0.3, 0.4) is 0 Å². The molecule has 0 atom stereocenters. The van der Waals surface area contributed by atoms with Gasteiger partial charge in [-0.15, -0.1) is 12.4 Å². The second-order valence-corrected chi connectivity index (χ2v) is 5.17. The van der Waals surface area contributed by atoms with Crippen LogP contribution in [0.2, 0.25) is 5.02 Å². The summed E-state index contributed by atoms with van der Waals surface area (Å²) in [6.07, 6.45) is 3.59. The number of halogens is 2. The van der Waals surface area contributed by atoms with Gasteiger partial charge in [-0.25, -0.2) is 0 Å². The maximum absolute atomic E-state index is 5.99. The Morgan fingerprint density at radius 3 is 2.59 bits per heavy atom. The number of benzene rings is 1. The minimum absolute atomic E-state index is 0. The van der Waals surface area contributed by atoms with Crippen molar-refractivity contribution in [3.05, 3.63) is 77.3 Å². The number of nitrogens with zero attached hydrogens (tertiary/aromatic N) is 1. The molecule has 0 aliphatic heterocycles. The summed E-state index contributed by atoms with van der Waals surface area (Å²) in [4.78, 5) is 4.00. The van der Waals surface area contributed by atoms with Gasteiger partial charge in [0.05, 0.1) is 6.54 Å². The van der Waals surface area contributed by atoms with Crippen LogP contribution in [0.4, 0.5) is 0 Å². The molecule has 0 amide bonds. The Bertz CT molecular complexity index is 713. The third kappa shape index (κ3) is 4.34. The molecule has 0 aliphatic carbocycles. The van der Waals surface area contributed by atoms with Crippen LogP contribution in [0.15, 0.2) is 65.3 Å². The third-order valence-electron chi connectivity index (χ3n) is 3.15. The van der Waals surface area contributed by atoms with Gasteiger partial charge in [0, 0.05) is 29.5 Å². The number of rotatable bonds is 5. The largest absolute Gasteiger partial charge is 0.460 e. The van der Waals surface area contributed by atoms with E-state index in [1.54, 1.807) is 12.4 Å². The molecule has 3 nitrogen and oxygen atoms in total. The van der Waals surface area contributed by atoms with Gasteiger partial charge in [-0.05, 0) is 42.0 Å². The molecule has 1 aromatic carbocycles. The summed E-state index contributed by atoms with van der Waals surface area (Å²) in [7, 11) is 0. The zero-order valence-electron chi connectivity index (χ0n) is 11.8. The summed E-state index contributed by atoms with van der Waals surface area (Å²) in [5.74, 6) is 1.73. The van der Waals surface area contributed by atoms with Gasteiger partial charge in [0.2, 0.25) is 0 Å². The highest BCUT2D eigenvalue weighted by Gasteiger charge is 2.05. The van der Waals surface area contributed by atoms with Crippen molar-refractivity contribution in [2.45, 2.75) is 13.1 Å². The Labute approximate surface area is 140 Å². The van der Waals surface area contributed by atoms with E-state index in [1.807, 2.05) is 48.5 Å². The maximum atomic E-state index is 5.99. The molecule has 114 valence electrons. The second-order valence-electron chi connectivity index (χ2n) is 4.74.